The summed E-state index contributed by atoms with van der Waals surface area (Å²) in [5, 5.41) is 5.14. The summed E-state index contributed by atoms with van der Waals surface area (Å²) in [4.78, 5) is 14.7. The summed E-state index contributed by atoms with van der Waals surface area (Å²) in [5.74, 6) is 0.00626. The summed E-state index contributed by atoms with van der Waals surface area (Å²) in [5.41, 5.74) is 0. The Hall–Kier alpha value is -1.96. The first-order chi connectivity index (χ1) is 13.0. The topological polar surface area (TPSA) is 78.5 Å². The fourth-order valence-corrected chi connectivity index (χ4v) is 4.58. The summed E-state index contributed by atoms with van der Waals surface area (Å²) in [6.45, 7) is 4.60. The Kier molecular flexibility index (Phi) is 6.46. The van der Waals surface area contributed by atoms with Crippen LogP contribution in [0.25, 0.3) is 10.8 Å². The monoisotopic (exact) mass is 389 g/mol. The van der Waals surface area contributed by atoms with Crippen molar-refractivity contribution in [2.24, 2.45) is 0 Å². The van der Waals surface area contributed by atoms with Gasteiger partial charge in [0, 0.05) is 32.1 Å². The van der Waals surface area contributed by atoms with Gasteiger partial charge < -0.3 is 10.2 Å². The van der Waals surface area contributed by atoms with Crippen LogP contribution in [0.5, 0.6) is 0 Å². The van der Waals surface area contributed by atoms with Gasteiger partial charge in [0.2, 0.25) is 15.9 Å². The van der Waals surface area contributed by atoms with E-state index in [9.17, 15) is 13.2 Å². The number of hydrogen-bond donors (Lipinski definition) is 2. The van der Waals surface area contributed by atoms with Gasteiger partial charge in [0.05, 0.1) is 4.90 Å². The van der Waals surface area contributed by atoms with E-state index in [-0.39, 0.29) is 29.8 Å². The third-order valence-corrected chi connectivity index (χ3v) is 6.38. The Balaban J connectivity index is 1.61. The largest absolute Gasteiger partial charge is 0.338 e. The molecule has 7 heteroatoms. The minimum absolute atomic E-state index is 0.00626. The van der Waals surface area contributed by atoms with Gasteiger partial charge in [-0.25, -0.2) is 13.1 Å². The van der Waals surface area contributed by atoms with E-state index in [1.807, 2.05) is 36.1 Å². The molecule has 2 aromatic carbocycles. The molecule has 1 saturated heterocycles. The van der Waals surface area contributed by atoms with E-state index < -0.39 is 10.0 Å². The number of fused-ring (bicyclic) bond motifs is 1. The van der Waals surface area contributed by atoms with Crippen LogP contribution in [0.4, 0.5) is 0 Å². The summed E-state index contributed by atoms with van der Waals surface area (Å²) in [6.07, 6.45) is 2.02. The minimum atomic E-state index is -3.64. The van der Waals surface area contributed by atoms with Gasteiger partial charge >= 0.3 is 0 Å². The normalized spacial score (nSPS) is 17.3. The molecule has 1 heterocycles. The Morgan fingerprint density at radius 3 is 2.70 bits per heavy atom. The lowest BCUT2D eigenvalue weighted by atomic mass is 10.1. The van der Waals surface area contributed by atoms with Crippen molar-refractivity contribution in [3.8, 4) is 0 Å². The molecule has 1 atom stereocenters. The first kappa shape index (κ1) is 19.8. The molecule has 1 fully saturated rings. The Morgan fingerprint density at radius 1 is 1.22 bits per heavy atom. The molecule has 0 saturated carbocycles. The quantitative estimate of drug-likeness (QED) is 0.725. The van der Waals surface area contributed by atoms with Gasteiger partial charge in [-0.05, 0) is 42.3 Å². The highest BCUT2D eigenvalue weighted by Crippen LogP contribution is 2.19. The molecular formula is C20H27N3O3S. The number of amides is 1. The van der Waals surface area contributed by atoms with Crippen LogP contribution in [0, 0.1) is 0 Å². The maximum absolute atomic E-state index is 12.6. The van der Waals surface area contributed by atoms with Gasteiger partial charge in [-0.3, -0.25) is 4.79 Å². The smallest absolute Gasteiger partial charge is 0.240 e. The number of carbonyl (C=O) groups is 1. The summed E-state index contributed by atoms with van der Waals surface area (Å²) in [7, 11) is -3.64. The lowest BCUT2D eigenvalue weighted by Crippen LogP contribution is -2.43. The maximum atomic E-state index is 12.6. The van der Waals surface area contributed by atoms with E-state index in [0.29, 0.717) is 6.54 Å². The van der Waals surface area contributed by atoms with E-state index in [4.69, 9.17) is 0 Å². The molecule has 27 heavy (non-hydrogen) atoms. The van der Waals surface area contributed by atoms with Crippen LogP contribution < -0.4 is 10.0 Å². The molecule has 0 aliphatic carbocycles. The third-order valence-electron chi connectivity index (χ3n) is 4.92. The zero-order chi connectivity index (χ0) is 19.3. The van der Waals surface area contributed by atoms with Crippen LogP contribution in [-0.4, -0.2) is 51.4 Å². The fraction of sp³-hybridized carbons (Fsp3) is 0.450. The first-order valence-corrected chi connectivity index (χ1v) is 11.0. The SMILES string of the molecule is CCCN(C(=O)CCNS(=O)(=O)c1ccc2ccccc2c1)C1CCNC1. The van der Waals surface area contributed by atoms with E-state index in [0.717, 1.165) is 36.7 Å². The number of carbonyl (C=O) groups excluding carboxylic acids is 1. The van der Waals surface area contributed by atoms with Crippen LogP contribution in [0.15, 0.2) is 47.4 Å². The van der Waals surface area contributed by atoms with Gasteiger partial charge in [0.25, 0.3) is 0 Å². The van der Waals surface area contributed by atoms with Crippen molar-refractivity contribution in [1.82, 2.24) is 14.9 Å². The molecule has 2 aromatic rings. The fourth-order valence-electron chi connectivity index (χ4n) is 3.51. The van der Waals surface area contributed by atoms with Crippen LogP contribution >= 0.6 is 0 Å². The number of sulfonamides is 1. The number of rotatable bonds is 8. The van der Waals surface area contributed by atoms with Crippen LogP contribution in [-0.2, 0) is 14.8 Å². The molecule has 2 N–H and O–H groups in total. The summed E-state index contributed by atoms with van der Waals surface area (Å²) >= 11 is 0. The molecule has 1 aliphatic heterocycles. The zero-order valence-corrected chi connectivity index (χ0v) is 16.5. The number of hydrogen-bond acceptors (Lipinski definition) is 4. The molecule has 0 radical (unpaired) electrons. The van der Waals surface area contributed by atoms with E-state index >= 15 is 0 Å². The predicted molar refractivity (Wildman–Crippen MR) is 107 cm³/mol. The molecule has 1 amide bonds. The minimum Gasteiger partial charge on any atom is -0.338 e. The van der Waals surface area contributed by atoms with Crippen molar-refractivity contribution in [2.75, 3.05) is 26.2 Å². The van der Waals surface area contributed by atoms with Gasteiger partial charge in [-0.15, -0.1) is 0 Å². The van der Waals surface area contributed by atoms with Crippen molar-refractivity contribution in [3.63, 3.8) is 0 Å². The van der Waals surface area contributed by atoms with Crippen molar-refractivity contribution in [1.29, 1.82) is 0 Å². The molecule has 1 unspecified atom stereocenters. The molecule has 1 aliphatic rings. The summed E-state index contributed by atoms with van der Waals surface area (Å²) < 4.78 is 27.7. The summed E-state index contributed by atoms with van der Waals surface area (Å²) in [6, 6.07) is 12.9. The lowest BCUT2D eigenvalue weighted by Gasteiger charge is -2.28. The van der Waals surface area contributed by atoms with Crippen molar-refractivity contribution >= 4 is 26.7 Å². The molecule has 6 nitrogen and oxygen atoms in total. The standard InChI is InChI=1S/C20H27N3O3S/c1-2-13-23(18-9-11-21-15-18)20(24)10-12-22-27(25,26)19-8-7-16-5-3-4-6-17(16)14-19/h3-8,14,18,21-22H,2,9-13,15H2,1H3. The third kappa shape index (κ3) is 4.86. The second kappa shape index (κ2) is 8.82. The second-order valence-corrected chi connectivity index (χ2v) is 8.66. The van der Waals surface area contributed by atoms with Crippen molar-refractivity contribution in [2.45, 2.75) is 37.1 Å². The van der Waals surface area contributed by atoms with Crippen LogP contribution in [0.1, 0.15) is 26.2 Å². The maximum Gasteiger partial charge on any atom is 0.240 e. The van der Waals surface area contributed by atoms with Gasteiger partial charge in [0.1, 0.15) is 0 Å². The molecule has 0 aromatic heterocycles. The predicted octanol–water partition coefficient (Wildman–Crippen LogP) is 2.11. The second-order valence-electron chi connectivity index (χ2n) is 6.89. The van der Waals surface area contributed by atoms with E-state index in [1.165, 1.54) is 0 Å². The van der Waals surface area contributed by atoms with E-state index in [1.54, 1.807) is 18.2 Å². The van der Waals surface area contributed by atoms with Crippen molar-refractivity contribution < 1.29 is 13.2 Å². The number of nitrogens with zero attached hydrogens (tertiary/aromatic N) is 1. The lowest BCUT2D eigenvalue weighted by molar-refractivity contribution is -0.133. The van der Waals surface area contributed by atoms with Gasteiger partial charge in [-0.2, -0.15) is 0 Å². The Bertz CT molecular complexity index is 892. The highest BCUT2D eigenvalue weighted by molar-refractivity contribution is 7.89. The van der Waals surface area contributed by atoms with Crippen LogP contribution in [0.3, 0.4) is 0 Å². The average molecular weight is 390 g/mol. The van der Waals surface area contributed by atoms with Crippen molar-refractivity contribution in [3.05, 3.63) is 42.5 Å². The van der Waals surface area contributed by atoms with E-state index in [2.05, 4.69) is 10.0 Å². The zero-order valence-electron chi connectivity index (χ0n) is 15.6. The number of nitrogens with one attached hydrogen (secondary N) is 2. The molecule has 3 rings (SSSR count). The molecule has 0 bridgehead atoms. The van der Waals surface area contributed by atoms with Gasteiger partial charge in [0.15, 0.2) is 0 Å². The van der Waals surface area contributed by atoms with Crippen LogP contribution in [0.2, 0.25) is 0 Å². The highest BCUT2D eigenvalue weighted by Gasteiger charge is 2.25. The van der Waals surface area contributed by atoms with Gasteiger partial charge in [-0.1, -0.05) is 37.3 Å². The Morgan fingerprint density at radius 2 is 2.00 bits per heavy atom. The molecule has 0 spiro atoms. The highest BCUT2D eigenvalue weighted by atomic mass is 32.2. The first-order valence-electron chi connectivity index (χ1n) is 9.50. The number of benzene rings is 2. The molecule has 146 valence electrons. The Labute approximate surface area is 161 Å². The molecular weight excluding hydrogens is 362 g/mol. The average Bonchev–Trinajstić information content (AvgIpc) is 3.19.